The van der Waals surface area contributed by atoms with E-state index < -0.39 is 10.0 Å². The molecule has 1 aromatic rings. The number of sulfonamides is 1. The summed E-state index contributed by atoms with van der Waals surface area (Å²) in [6.07, 6.45) is 0. The molecule has 0 aliphatic rings. The zero-order chi connectivity index (χ0) is 12.3. The smallest absolute Gasteiger partial charge is 0.233 e. The fraction of sp³-hybridized carbons (Fsp3) is 0.500. The topological polar surface area (TPSA) is 59.1 Å². The van der Waals surface area contributed by atoms with Gasteiger partial charge >= 0.3 is 0 Å². The van der Waals surface area contributed by atoms with Crippen molar-refractivity contribution in [2.45, 2.75) is 20.8 Å². The van der Waals surface area contributed by atoms with Gasteiger partial charge in [0, 0.05) is 0 Å². The normalized spacial score (nSPS) is 11.8. The van der Waals surface area contributed by atoms with Crippen molar-refractivity contribution in [3.63, 3.8) is 0 Å². The van der Waals surface area contributed by atoms with Gasteiger partial charge in [-0.3, -0.25) is 4.72 Å². The highest BCUT2D eigenvalue weighted by Crippen LogP contribution is 2.17. The van der Waals surface area contributed by atoms with Crippen LogP contribution < -0.4 is 4.72 Å². The largest absolute Gasteiger partial charge is 0.282 e. The van der Waals surface area contributed by atoms with Gasteiger partial charge in [0.15, 0.2) is 0 Å². The van der Waals surface area contributed by atoms with Crippen molar-refractivity contribution < 1.29 is 8.42 Å². The van der Waals surface area contributed by atoms with Crippen molar-refractivity contribution in [1.29, 1.82) is 0 Å². The first-order chi connectivity index (χ1) is 7.30. The Hall–Kier alpha value is -0.810. The molecule has 6 heteroatoms. The third-order valence-corrected chi connectivity index (χ3v) is 3.72. The van der Waals surface area contributed by atoms with Crippen LogP contribution in [0.25, 0.3) is 0 Å². The molecular formula is C10H15ClN2O2S. The molecule has 1 N–H and O–H groups in total. The van der Waals surface area contributed by atoms with Crippen molar-refractivity contribution in [3.8, 4) is 0 Å². The van der Waals surface area contributed by atoms with Gasteiger partial charge in [0.05, 0.1) is 17.1 Å². The molecule has 0 aliphatic heterocycles. The lowest BCUT2D eigenvalue weighted by molar-refractivity contribution is 0.587. The summed E-state index contributed by atoms with van der Waals surface area (Å²) in [5, 5.41) is 0.351. The minimum Gasteiger partial charge on any atom is -0.282 e. The van der Waals surface area contributed by atoms with Gasteiger partial charge in [-0.05, 0) is 25.0 Å². The highest BCUT2D eigenvalue weighted by molar-refractivity contribution is 7.92. The molecule has 0 aliphatic carbocycles. The average Bonchev–Trinajstić information content (AvgIpc) is 2.07. The number of aryl methyl sites for hydroxylation is 1. The summed E-state index contributed by atoms with van der Waals surface area (Å²) >= 11 is 5.68. The van der Waals surface area contributed by atoms with Crippen LogP contribution in [0.2, 0.25) is 5.15 Å². The van der Waals surface area contributed by atoms with E-state index in [1.807, 2.05) is 13.8 Å². The van der Waals surface area contributed by atoms with E-state index in [1.165, 1.54) is 0 Å². The molecule has 0 fully saturated rings. The summed E-state index contributed by atoms with van der Waals surface area (Å²) in [5.74, 6) is 0.174. The molecule has 4 nitrogen and oxygen atoms in total. The van der Waals surface area contributed by atoms with Crippen LogP contribution in [0.1, 0.15) is 19.5 Å². The Labute approximate surface area is 101 Å². The van der Waals surface area contributed by atoms with Crippen LogP contribution in [0, 0.1) is 12.8 Å². The molecule has 0 aromatic carbocycles. The van der Waals surface area contributed by atoms with Crippen LogP contribution >= 0.6 is 11.6 Å². The molecule has 0 radical (unpaired) electrons. The standard InChI is InChI=1S/C10H15ClN2O2S/c1-7(2)6-16(14,15)13-9-4-5-10(11)12-8(9)3/h4-5,7,13H,6H2,1-3H3. The molecule has 0 unspecified atom stereocenters. The third-order valence-electron chi connectivity index (χ3n) is 1.87. The van der Waals surface area contributed by atoms with E-state index in [1.54, 1.807) is 19.1 Å². The van der Waals surface area contributed by atoms with Gasteiger partial charge in [0.2, 0.25) is 10.0 Å². The van der Waals surface area contributed by atoms with Crippen LogP contribution in [0.3, 0.4) is 0 Å². The molecule has 1 rings (SSSR count). The molecular weight excluding hydrogens is 248 g/mol. The molecule has 1 heterocycles. The maximum atomic E-state index is 11.7. The van der Waals surface area contributed by atoms with Crippen molar-refractivity contribution in [2.24, 2.45) is 5.92 Å². The van der Waals surface area contributed by atoms with Gasteiger partial charge in [-0.2, -0.15) is 0 Å². The fourth-order valence-corrected chi connectivity index (χ4v) is 2.99. The average molecular weight is 263 g/mol. The van der Waals surface area contributed by atoms with Gasteiger partial charge in [0.25, 0.3) is 0 Å². The number of aromatic nitrogens is 1. The number of pyridine rings is 1. The van der Waals surface area contributed by atoms with Crippen molar-refractivity contribution in [3.05, 3.63) is 23.0 Å². The molecule has 16 heavy (non-hydrogen) atoms. The van der Waals surface area contributed by atoms with Crippen molar-refractivity contribution in [1.82, 2.24) is 4.98 Å². The van der Waals surface area contributed by atoms with Crippen LogP contribution in [-0.4, -0.2) is 19.2 Å². The molecule has 0 saturated heterocycles. The van der Waals surface area contributed by atoms with E-state index in [9.17, 15) is 8.42 Å². The zero-order valence-corrected chi connectivity index (χ0v) is 11.1. The maximum Gasteiger partial charge on any atom is 0.233 e. The maximum absolute atomic E-state index is 11.7. The van der Waals surface area contributed by atoms with Gasteiger partial charge in [0.1, 0.15) is 5.15 Å². The number of halogens is 1. The number of nitrogens with one attached hydrogen (secondary N) is 1. The fourth-order valence-electron chi connectivity index (χ4n) is 1.29. The number of nitrogens with zero attached hydrogens (tertiary/aromatic N) is 1. The number of hydrogen-bond acceptors (Lipinski definition) is 3. The Morgan fingerprint density at radius 2 is 2.06 bits per heavy atom. The van der Waals surface area contributed by atoms with Crippen LogP contribution in [0.4, 0.5) is 5.69 Å². The first-order valence-corrected chi connectivity index (χ1v) is 6.97. The third kappa shape index (κ3) is 3.98. The Morgan fingerprint density at radius 3 is 2.56 bits per heavy atom. The van der Waals surface area contributed by atoms with E-state index >= 15 is 0 Å². The van der Waals surface area contributed by atoms with Crippen LogP contribution in [0.5, 0.6) is 0 Å². The Kier molecular flexibility index (Phi) is 4.15. The van der Waals surface area contributed by atoms with Crippen molar-refractivity contribution >= 4 is 27.3 Å². The first kappa shape index (κ1) is 13.3. The van der Waals surface area contributed by atoms with E-state index in [0.717, 1.165) is 0 Å². The number of hydrogen-bond donors (Lipinski definition) is 1. The summed E-state index contributed by atoms with van der Waals surface area (Å²) in [6, 6.07) is 3.17. The predicted molar refractivity (Wildman–Crippen MR) is 66.2 cm³/mol. The summed E-state index contributed by atoms with van der Waals surface area (Å²) in [7, 11) is -3.30. The van der Waals surface area contributed by atoms with Crippen LogP contribution in [0.15, 0.2) is 12.1 Å². The first-order valence-electron chi connectivity index (χ1n) is 4.94. The van der Waals surface area contributed by atoms with E-state index in [0.29, 0.717) is 16.5 Å². The van der Waals surface area contributed by atoms with E-state index in [2.05, 4.69) is 9.71 Å². The van der Waals surface area contributed by atoms with Gasteiger partial charge in [-0.25, -0.2) is 13.4 Å². The quantitative estimate of drug-likeness (QED) is 0.848. The Bertz CT molecular complexity index is 472. The van der Waals surface area contributed by atoms with Gasteiger partial charge in [-0.15, -0.1) is 0 Å². The lowest BCUT2D eigenvalue weighted by atomic mass is 10.3. The van der Waals surface area contributed by atoms with Crippen molar-refractivity contribution in [2.75, 3.05) is 10.5 Å². The summed E-state index contributed by atoms with van der Waals surface area (Å²) in [6.45, 7) is 5.41. The SMILES string of the molecule is Cc1nc(Cl)ccc1NS(=O)(=O)CC(C)C. The molecule has 90 valence electrons. The van der Waals surface area contributed by atoms with Gasteiger partial charge in [-0.1, -0.05) is 25.4 Å². The molecule has 0 saturated carbocycles. The Balaban J connectivity index is 2.88. The lowest BCUT2D eigenvalue weighted by Crippen LogP contribution is -2.20. The number of rotatable bonds is 4. The van der Waals surface area contributed by atoms with E-state index in [-0.39, 0.29) is 11.7 Å². The van der Waals surface area contributed by atoms with Crippen LogP contribution in [-0.2, 0) is 10.0 Å². The molecule has 0 atom stereocenters. The minimum absolute atomic E-state index is 0.0815. The minimum atomic E-state index is -3.30. The highest BCUT2D eigenvalue weighted by atomic mass is 35.5. The summed E-state index contributed by atoms with van der Waals surface area (Å²) < 4.78 is 25.8. The summed E-state index contributed by atoms with van der Waals surface area (Å²) in [4.78, 5) is 3.98. The monoisotopic (exact) mass is 262 g/mol. The summed E-state index contributed by atoms with van der Waals surface area (Å²) in [5.41, 5.74) is 1.05. The molecule has 0 amide bonds. The zero-order valence-electron chi connectivity index (χ0n) is 9.49. The molecule has 1 aromatic heterocycles. The molecule has 0 bridgehead atoms. The second-order valence-corrected chi connectivity index (χ2v) is 6.20. The van der Waals surface area contributed by atoms with Gasteiger partial charge < -0.3 is 0 Å². The number of anilines is 1. The Morgan fingerprint density at radius 1 is 1.44 bits per heavy atom. The highest BCUT2D eigenvalue weighted by Gasteiger charge is 2.14. The lowest BCUT2D eigenvalue weighted by Gasteiger charge is -2.11. The second kappa shape index (κ2) is 5.01. The molecule has 0 spiro atoms. The predicted octanol–water partition coefficient (Wildman–Crippen LogP) is 2.44. The van der Waals surface area contributed by atoms with E-state index in [4.69, 9.17) is 11.6 Å². The second-order valence-electron chi connectivity index (χ2n) is 4.04.